The Balaban J connectivity index is 0.000000195. The van der Waals surface area contributed by atoms with Crippen LogP contribution in [-0.4, -0.2) is 471 Å². The second-order valence-corrected chi connectivity index (χ2v) is 39.9. The Morgan fingerprint density at radius 3 is 1.01 bits per heavy atom. The standard InChI is InChI=1S/C21H38N4O3.C21H39N3O3.C18H36N4O2.C18H33N3O3.C18H35N3O2/c1-23-12-8-19(9-13-23)24-14-6-18(7-15-24)22-17-21(27)28-16-4-11-25-10-3-2-5-20(25)26;1-22-10-7-20(8-11-22)24-12-5-19(6-13-24)3-4-21(25)27-16-2-9-23-14-17-26-18-15-23;1-20(2)9-4-14-24-18(23)15-19-16-5-12-22(13-6-16)17-7-10-21(3)11-8-17;1-19(2)17(22)14-24-18(23)5-4-15-6-12-21(13-7-15)16-8-10-20(3)11-9-16;1-19(2)14-15-23-18(22)5-4-16-6-12-21(13-7-16)17-8-10-20(3)11-9-17/h18-19,22H,2-17H2,1H3;19-20H,2-18H2,1H3;16-17,19H,4-15H2,1-3H3;15-16H,4-14H2,1-3H3;16-17H,4-15H2,1-3H3. The molecule has 30 nitrogen and oxygen atoms in total. The van der Waals surface area contributed by atoms with Crippen molar-refractivity contribution in [1.29, 1.82) is 0 Å². The van der Waals surface area contributed by atoms with Crippen molar-refractivity contribution < 1.29 is 62.0 Å². The van der Waals surface area contributed by atoms with Crippen molar-refractivity contribution in [2.45, 2.75) is 248 Å². The van der Waals surface area contributed by atoms with Crippen LogP contribution in [0.2, 0.25) is 0 Å². The molecular weight excluding hydrogens is 1600 g/mol. The number of carbonyl (C=O) groups is 7. The van der Waals surface area contributed by atoms with Crippen molar-refractivity contribution in [2.24, 2.45) is 17.8 Å². The summed E-state index contributed by atoms with van der Waals surface area (Å²) in [6, 6.07) is 4.73. The number of piperidine rings is 11. The lowest BCUT2D eigenvalue weighted by atomic mass is 9.90. The van der Waals surface area contributed by atoms with E-state index in [9.17, 15) is 33.6 Å². The molecular formula is C96H181N17O13. The second-order valence-electron chi connectivity index (χ2n) is 39.9. The van der Waals surface area contributed by atoms with E-state index < -0.39 is 0 Å². The third-order valence-corrected chi connectivity index (χ3v) is 29.3. The lowest BCUT2D eigenvalue weighted by Gasteiger charge is -2.41. The molecule has 728 valence electrons. The average Bonchev–Trinajstić information content (AvgIpc) is 0.859. The van der Waals surface area contributed by atoms with E-state index in [1.165, 1.54) is 199 Å². The zero-order valence-electron chi connectivity index (χ0n) is 81.4. The van der Waals surface area contributed by atoms with Crippen LogP contribution in [-0.2, 0) is 62.0 Å². The summed E-state index contributed by atoms with van der Waals surface area (Å²) >= 11 is 0. The predicted octanol–water partition coefficient (Wildman–Crippen LogP) is 6.43. The molecule has 12 saturated heterocycles. The molecule has 0 aromatic heterocycles. The highest BCUT2D eigenvalue weighted by Gasteiger charge is 2.34. The Hall–Kier alpha value is -4.35. The summed E-state index contributed by atoms with van der Waals surface area (Å²) in [5.74, 6) is 1.52. The van der Waals surface area contributed by atoms with E-state index in [-0.39, 0.29) is 48.3 Å². The summed E-state index contributed by atoms with van der Waals surface area (Å²) in [5, 5.41) is 6.76. The highest BCUT2D eigenvalue weighted by atomic mass is 16.5. The molecule has 12 rings (SSSR count). The van der Waals surface area contributed by atoms with E-state index in [1.807, 2.05) is 38.0 Å². The number of ether oxygens (including phenoxy) is 6. The number of hydrogen-bond acceptors (Lipinski definition) is 28. The van der Waals surface area contributed by atoms with Gasteiger partial charge in [0.15, 0.2) is 6.61 Å². The fraction of sp³-hybridized carbons (Fsp3) is 0.927. The molecule has 0 spiro atoms. The summed E-state index contributed by atoms with van der Waals surface area (Å²) in [4.78, 5) is 118. The normalized spacial score (nSPS) is 23.1. The van der Waals surface area contributed by atoms with Gasteiger partial charge < -0.3 is 108 Å². The number of carbonyl (C=O) groups excluding carboxylic acids is 7. The van der Waals surface area contributed by atoms with Gasteiger partial charge in [-0.05, 0) is 392 Å². The molecule has 12 heterocycles. The first-order valence-electron chi connectivity index (χ1n) is 50.3. The molecule has 0 unspecified atom stereocenters. The fourth-order valence-corrected chi connectivity index (χ4v) is 20.3. The van der Waals surface area contributed by atoms with Crippen molar-refractivity contribution in [3.05, 3.63) is 0 Å². The van der Waals surface area contributed by atoms with Crippen LogP contribution in [0.15, 0.2) is 0 Å². The maximum absolute atomic E-state index is 12.0. The zero-order valence-corrected chi connectivity index (χ0v) is 81.4. The van der Waals surface area contributed by atoms with Crippen molar-refractivity contribution >= 4 is 41.7 Å². The van der Waals surface area contributed by atoms with Gasteiger partial charge in [-0.2, -0.15) is 0 Å². The Morgan fingerprint density at radius 2 is 0.667 bits per heavy atom. The third kappa shape index (κ3) is 44.0. The minimum absolute atomic E-state index is 0.00488. The number of nitrogens with one attached hydrogen (secondary N) is 2. The number of hydrogen-bond donors (Lipinski definition) is 2. The van der Waals surface area contributed by atoms with E-state index in [1.54, 1.807) is 14.1 Å². The first-order valence-corrected chi connectivity index (χ1v) is 50.3. The van der Waals surface area contributed by atoms with Crippen molar-refractivity contribution in [2.75, 3.05) is 314 Å². The van der Waals surface area contributed by atoms with Gasteiger partial charge in [0.05, 0.1) is 46.1 Å². The van der Waals surface area contributed by atoms with Crippen molar-refractivity contribution in [1.82, 2.24) is 84.1 Å². The molecule has 0 saturated carbocycles. The molecule has 0 aliphatic carbocycles. The Morgan fingerprint density at radius 1 is 0.349 bits per heavy atom. The lowest BCUT2D eigenvalue weighted by molar-refractivity contribution is -0.151. The second kappa shape index (κ2) is 61.5. The number of morpholine rings is 1. The molecule has 12 aliphatic rings. The number of esters is 5. The van der Waals surface area contributed by atoms with Gasteiger partial charge in [0.2, 0.25) is 5.91 Å². The summed E-state index contributed by atoms with van der Waals surface area (Å²) in [6.07, 6.45) is 34.7. The first-order chi connectivity index (χ1) is 60.9. The molecule has 0 bridgehead atoms. The molecule has 12 aliphatic heterocycles. The molecule has 0 atom stereocenters. The topological polar surface area (TPSA) is 248 Å². The van der Waals surface area contributed by atoms with E-state index in [0.717, 1.165) is 199 Å². The van der Waals surface area contributed by atoms with Crippen molar-refractivity contribution in [3.63, 3.8) is 0 Å². The highest BCUT2D eigenvalue weighted by molar-refractivity contribution is 5.80. The van der Waals surface area contributed by atoms with Crippen LogP contribution in [0.1, 0.15) is 205 Å². The van der Waals surface area contributed by atoms with Gasteiger partial charge in [-0.15, -0.1) is 0 Å². The van der Waals surface area contributed by atoms with Gasteiger partial charge in [0.25, 0.3) is 5.91 Å². The van der Waals surface area contributed by atoms with Crippen molar-refractivity contribution in [3.8, 4) is 0 Å². The van der Waals surface area contributed by atoms with E-state index >= 15 is 0 Å². The quantitative estimate of drug-likeness (QED) is 0.0386. The molecule has 0 radical (unpaired) electrons. The number of nitrogens with zero attached hydrogens (tertiary/aromatic N) is 15. The maximum atomic E-state index is 12.0. The molecule has 0 aromatic carbocycles. The maximum Gasteiger partial charge on any atom is 0.319 e. The molecule has 30 heteroatoms. The fourth-order valence-electron chi connectivity index (χ4n) is 20.3. The van der Waals surface area contributed by atoms with Gasteiger partial charge in [-0.1, -0.05) is 0 Å². The van der Waals surface area contributed by atoms with Crippen LogP contribution in [0, 0.1) is 17.8 Å². The summed E-state index contributed by atoms with van der Waals surface area (Å²) in [7, 11) is 22.4. The van der Waals surface area contributed by atoms with E-state index in [0.29, 0.717) is 102 Å². The summed E-state index contributed by atoms with van der Waals surface area (Å²) in [5.41, 5.74) is 0. The van der Waals surface area contributed by atoms with Gasteiger partial charge in [-0.25, -0.2) is 0 Å². The minimum Gasteiger partial charge on any atom is -0.466 e. The lowest BCUT2D eigenvalue weighted by Crippen LogP contribution is -2.50. The van der Waals surface area contributed by atoms with Crippen LogP contribution in [0.5, 0.6) is 0 Å². The first kappa shape index (κ1) is 107. The summed E-state index contributed by atoms with van der Waals surface area (Å²) < 4.78 is 31.7. The zero-order chi connectivity index (χ0) is 90.2. The number of likely N-dealkylation sites (tertiary alicyclic amines) is 11. The van der Waals surface area contributed by atoms with Gasteiger partial charge in [0.1, 0.15) is 6.61 Å². The van der Waals surface area contributed by atoms with E-state index in [4.69, 9.17) is 28.4 Å². The largest absolute Gasteiger partial charge is 0.466 e. The van der Waals surface area contributed by atoms with Gasteiger partial charge in [0, 0.05) is 128 Å². The summed E-state index contributed by atoms with van der Waals surface area (Å²) in [6.45, 7) is 34.5. The Kier molecular flexibility index (Phi) is 52.2. The SMILES string of the molecule is CN(C)CCCOC(=O)CNC1CCN(C2CCN(C)CC2)CC1.CN(C)CCOC(=O)CCC1CCN(C2CCN(C)CC2)CC1.CN1CCC(N2CCC(CCC(=O)OCC(=O)N(C)C)CC2)CC1.CN1CCC(N2CCC(CCC(=O)OCCCN3CCOCC3)CC2)CC1.CN1CCC(N2CCC(NCC(=O)OCCCN3CCCCC3=O)CC2)CC1. The molecule has 12 fully saturated rings. The van der Waals surface area contributed by atoms with Crippen LogP contribution in [0.25, 0.3) is 0 Å². The molecule has 0 aromatic rings. The van der Waals surface area contributed by atoms with Crippen LogP contribution in [0.4, 0.5) is 0 Å². The molecule has 2 amide bonds. The predicted molar refractivity (Wildman–Crippen MR) is 501 cm³/mol. The molecule has 126 heavy (non-hydrogen) atoms. The Labute approximate surface area is 763 Å². The third-order valence-electron chi connectivity index (χ3n) is 29.3. The van der Waals surface area contributed by atoms with Gasteiger partial charge in [-0.3, -0.25) is 38.5 Å². The van der Waals surface area contributed by atoms with Gasteiger partial charge >= 0.3 is 29.8 Å². The smallest absolute Gasteiger partial charge is 0.319 e. The van der Waals surface area contributed by atoms with E-state index in [2.05, 4.69) is 105 Å². The Bertz CT molecular complexity index is 2940. The number of amides is 2. The number of likely N-dealkylation sites (N-methyl/N-ethyl adjacent to an activating group) is 2. The minimum atomic E-state index is -0.247. The average molecular weight is 1780 g/mol. The monoisotopic (exact) mass is 1780 g/mol. The highest BCUT2D eigenvalue weighted by Crippen LogP contribution is 2.31. The van der Waals surface area contributed by atoms with Crippen LogP contribution >= 0.6 is 0 Å². The van der Waals surface area contributed by atoms with Crippen LogP contribution < -0.4 is 10.6 Å². The molecule has 2 N–H and O–H groups in total. The number of rotatable bonds is 37. The van der Waals surface area contributed by atoms with Crippen LogP contribution in [0.3, 0.4) is 0 Å².